The fourth-order valence-electron chi connectivity index (χ4n) is 1.62. The zero-order valence-electron chi connectivity index (χ0n) is 11.1. The molecule has 0 saturated carbocycles. The number of carboxylic acid groups (broad SMARTS) is 1. The van der Waals surface area contributed by atoms with Gasteiger partial charge in [0.15, 0.2) is 6.61 Å². The highest BCUT2D eigenvalue weighted by atomic mass is 79.9. The molecule has 8 heteroatoms. The molecule has 0 fully saturated rings. The topological polar surface area (TPSA) is 85.5 Å². The minimum Gasteiger partial charge on any atom is -0.483 e. The van der Waals surface area contributed by atoms with Crippen molar-refractivity contribution in [3.05, 3.63) is 38.4 Å². The van der Waals surface area contributed by atoms with E-state index in [9.17, 15) is 4.79 Å². The molecule has 0 radical (unpaired) electrons. The molecule has 0 aliphatic rings. The van der Waals surface area contributed by atoms with Gasteiger partial charge in [-0.25, -0.2) is 4.79 Å². The number of aryl methyl sites for hydroxylation is 1. The van der Waals surface area contributed by atoms with E-state index < -0.39 is 5.97 Å². The predicted molar refractivity (Wildman–Crippen MR) is 81.4 cm³/mol. The predicted octanol–water partition coefficient (Wildman–Crippen LogP) is 3.82. The summed E-state index contributed by atoms with van der Waals surface area (Å²) in [4.78, 5) is 15.1. The lowest BCUT2D eigenvalue weighted by atomic mass is 10.2. The minimum absolute atomic E-state index is 0.136. The van der Waals surface area contributed by atoms with Gasteiger partial charge in [-0.3, -0.25) is 0 Å². The number of ether oxygens (including phenoxy) is 1. The summed E-state index contributed by atoms with van der Waals surface area (Å²) in [7, 11) is 0. The number of aromatic nitrogens is 2. The lowest BCUT2D eigenvalue weighted by molar-refractivity contribution is 0.0696. The number of aromatic carboxylic acids is 1. The molecule has 0 amide bonds. The van der Waals surface area contributed by atoms with Crippen molar-refractivity contribution < 1.29 is 19.2 Å². The van der Waals surface area contributed by atoms with Crippen LogP contribution in [0.4, 0.5) is 0 Å². The van der Waals surface area contributed by atoms with Crippen molar-refractivity contribution in [3.63, 3.8) is 0 Å². The van der Waals surface area contributed by atoms with Gasteiger partial charge in [0.05, 0.1) is 14.5 Å². The van der Waals surface area contributed by atoms with E-state index in [0.29, 0.717) is 26.4 Å². The average molecular weight is 420 g/mol. The number of carboxylic acids is 1. The van der Waals surface area contributed by atoms with Crippen molar-refractivity contribution in [2.24, 2.45) is 0 Å². The quantitative estimate of drug-likeness (QED) is 0.765. The fourth-order valence-corrected chi connectivity index (χ4v) is 3.04. The molecule has 0 aliphatic heterocycles. The van der Waals surface area contributed by atoms with Crippen molar-refractivity contribution in [2.45, 2.75) is 26.4 Å². The molecule has 1 N–H and O–H groups in total. The summed E-state index contributed by atoms with van der Waals surface area (Å²) in [6.45, 7) is 2.16. The summed E-state index contributed by atoms with van der Waals surface area (Å²) in [5.41, 5.74) is 0.158. The number of carbonyl (C=O) groups is 1. The highest BCUT2D eigenvalue weighted by Gasteiger charge is 2.14. The third-order valence-corrected chi connectivity index (χ3v) is 3.74. The van der Waals surface area contributed by atoms with Crippen LogP contribution >= 0.6 is 31.9 Å². The maximum Gasteiger partial charge on any atom is 0.335 e. The first-order chi connectivity index (χ1) is 10.0. The SMILES string of the molecule is CCCc1nc(COc2c(Br)cc(C(=O)O)cc2Br)no1. The Labute approximate surface area is 137 Å². The van der Waals surface area contributed by atoms with Gasteiger partial charge in [0.2, 0.25) is 11.7 Å². The Bertz CT molecular complexity index is 634. The van der Waals surface area contributed by atoms with Crippen molar-refractivity contribution >= 4 is 37.8 Å². The zero-order valence-corrected chi connectivity index (χ0v) is 14.3. The lowest BCUT2D eigenvalue weighted by Crippen LogP contribution is -2.01. The number of rotatable bonds is 6. The molecule has 1 heterocycles. The molecule has 0 bridgehead atoms. The van der Waals surface area contributed by atoms with Gasteiger partial charge in [-0.05, 0) is 50.4 Å². The average Bonchev–Trinajstić information content (AvgIpc) is 2.85. The molecule has 0 aliphatic carbocycles. The molecule has 0 saturated heterocycles. The van der Waals surface area contributed by atoms with E-state index in [0.717, 1.165) is 12.8 Å². The summed E-state index contributed by atoms with van der Waals surface area (Å²) in [5.74, 6) is 0.502. The Balaban J connectivity index is 2.10. The van der Waals surface area contributed by atoms with E-state index in [4.69, 9.17) is 14.4 Å². The summed E-state index contributed by atoms with van der Waals surface area (Å²) < 4.78 is 11.7. The Kier molecular flexibility index (Phi) is 5.35. The normalized spacial score (nSPS) is 10.6. The fraction of sp³-hybridized carbons (Fsp3) is 0.308. The second kappa shape index (κ2) is 7.04. The molecular formula is C13H12Br2N2O4. The highest BCUT2D eigenvalue weighted by Crippen LogP contribution is 2.35. The molecule has 0 atom stereocenters. The monoisotopic (exact) mass is 418 g/mol. The summed E-state index contributed by atoms with van der Waals surface area (Å²) in [5, 5.41) is 12.8. The van der Waals surface area contributed by atoms with E-state index in [2.05, 4.69) is 42.0 Å². The summed E-state index contributed by atoms with van der Waals surface area (Å²) in [6, 6.07) is 2.95. The Morgan fingerprint density at radius 2 is 2.05 bits per heavy atom. The van der Waals surface area contributed by atoms with Gasteiger partial charge in [0.1, 0.15) is 5.75 Å². The number of benzene rings is 1. The van der Waals surface area contributed by atoms with E-state index in [-0.39, 0.29) is 12.2 Å². The molecule has 2 rings (SSSR count). The second-order valence-electron chi connectivity index (χ2n) is 4.22. The molecular weight excluding hydrogens is 408 g/mol. The van der Waals surface area contributed by atoms with E-state index in [1.54, 1.807) is 0 Å². The molecule has 1 aromatic carbocycles. The Morgan fingerprint density at radius 1 is 1.38 bits per heavy atom. The summed E-state index contributed by atoms with van der Waals surface area (Å²) in [6.07, 6.45) is 1.66. The maximum absolute atomic E-state index is 10.9. The standard InChI is InChI=1S/C13H12Br2N2O4/c1-2-3-11-16-10(17-21-11)6-20-12-8(14)4-7(13(18)19)5-9(12)15/h4-5H,2-3,6H2,1H3,(H,18,19). The van der Waals surface area contributed by atoms with Crippen molar-refractivity contribution in [2.75, 3.05) is 0 Å². The van der Waals surface area contributed by atoms with Crippen molar-refractivity contribution in [1.29, 1.82) is 0 Å². The third kappa shape index (κ3) is 4.04. The lowest BCUT2D eigenvalue weighted by Gasteiger charge is -2.09. The van der Waals surface area contributed by atoms with Crippen LogP contribution in [0.25, 0.3) is 0 Å². The van der Waals surface area contributed by atoms with Crippen LogP contribution in [0.5, 0.6) is 5.75 Å². The van der Waals surface area contributed by atoms with Gasteiger partial charge in [-0.15, -0.1) is 0 Å². The number of nitrogens with zero attached hydrogens (tertiary/aromatic N) is 2. The van der Waals surface area contributed by atoms with Crippen LogP contribution in [-0.2, 0) is 13.0 Å². The van der Waals surface area contributed by atoms with E-state index in [1.807, 2.05) is 6.92 Å². The molecule has 112 valence electrons. The number of hydrogen-bond donors (Lipinski definition) is 1. The van der Waals surface area contributed by atoms with Crippen LogP contribution in [0, 0.1) is 0 Å². The van der Waals surface area contributed by atoms with Crippen LogP contribution in [0.1, 0.15) is 35.4 Å². The minimum atomic E-state index is -1.01. The number of hydrogen-bond acceptors (Lipinski definition) is 5. The second-order valence-corrected chi connectivity index (χ2v) is 5.93. The summed E-state index contributed by atoms with van der Waals surface area (Å²) >= 11 is 6.57. The smallest absolute Gasteiger partial charge is 0.335 e. The molecule has 0 spiro atoms. The van der Waals surface area contributed by atoms with Crippen LogP contribution in [-0.4, -0.2) is 21.2 Å². The first kappa shape index (κ1) is 16.0. The van der Waals surface area contributed by atoms with Crippen molar-refractivity contribution in [1.82, 2.24) is 10.1 Å². The Hall–Kier alpha value is -1.41. The van der Waals surface area contributed by atoms with Crippen LogP contribution in [0.15, 0.2) is 25.6 Å². The van der Waals surface area contributed by atoms with E-state index >= 15 is 0 Å². The highest BCUT2D eigenvalue weighted by molar-refractivity contribution is 9.11. The molecule has 2 aromatic rings. The molecule has 1 aromatic heterocycles. The van der Waals surface area contributed by atoms with Gasteiger partial charge in [-0.1, -0.05) is 12.1 Å². The first-order valence-electron chi connectivity index (χ1n) is 6.17. The molecule has 21 heavy (non-hydrogen) atoms. The van der Waals surface area contributed by atoms with Gasteiger partial charge in [0, 0.05) is 6.42 Å². The van der Waals surface area contributed by atoms with Crippen molar-refractivity contribution in [3.8, 4) is 5.75 Å². The van der Waals surface area contributed by atoms with Gasteiger partial charge < -0.3 is 14.4 Å². The first-order valence-corrected chi connectivity index (χ1v) is 7.76. The van der Waals surface area contributed by atoms with Gasteiger partial charge >= 0.3 is 5.97 Å². The van der Waals surface area contributed by atoms with Crippen LogP contribution in [0.3, 0.4) is 0 Å². The maximum atomic E-state index is 10.9. The van der Waals surface area contributed by atoms with Crippen LogP contribution in [0.2, 0.25) is 0 Å². The molecule has 6 nitrogen and oxygen atoms in total. The number of halogens is 2. The largest absolute Gasteiger partial charge is 0.483 e. The third-order valence-electron chi connectivity index (χ3n) is 2.56. The van der Waals surface area contributed by atoms with E-state index in [1.165, 1.54) is 12.1 Å². The Morgan fingerprint density at radius 3 is 2.62 bits per heavy atom. The van der Waals surface area contributed by atoms with Gasteiger partial charge in [-0.2, -0.15) is 4.98 Å². The molecule has 0 unspecified atom stereocenters. The van der Waals surface area contributed by atoms with Crippen LogP contribution < -0.4 is 4.74 Å². The zero-order chi connectivity index (χ0) is 15.4. The van der Waals surface area contributed by atoms with Gasteiger partial charge in [0.25, 0.3) is 0 Å².